The molecule has 1 N–H and O–H groups in total. The second-order valence-corrected chi connectivity index (χ2v) is 9.19. The summed E-state index contributed by atoms with van der Waals surface area (Å²) in [4.78, 5) is 4.68. The maximum atomic E-state index is 13.1. The van der Waals surface area contributed by atoms with Crippen LogP contribution in [0.1, 0.15) is 0 Å². The SMILES string of the molecule is CN1CCN(c2ccc(Cl)cc2NS(=O)(=O)c2ccc3ccccc3c2)CC1.Cl. The molecule has 1 aliphatic rings. The first-order valence-electron chi connectivity index (χ1n) is 9.17. The third-order valence-electron chi connectivity index (χ3n) is 5.08. The van der Waals surface area contributed by atoms with Crippen molar-refractivity contribution >= 4 is 56.2 Å². The first kappa shape index (κ1) is 21.7. The zero-order valence-electron chi connectivity index (χ0n) is 16.0. The highest BCUT2D eigenvalue weighted by Crippen LogP contribution is 2.32. The zero-order chi connectivity index (χ0) is 19.7. The summed E-state index contributed by atoms with van der Waals surface area (Å²) in [7, 11) is -1.65. The minimum atomic E-state index is -3.74. The minimum absolute atomic E-state index is 0. The van der Waals surface area contributed by atoms with Gasteiger partial charge in [0.05, 0.1) is 16.3 Å². The number of piperazine rings is 1. The average Bonchev–Trinajstić information content (AvgIpc) is 2.68. The van der Waals surface area contributed by atoms with Crippen LogP contribution >= 0.6 is 24.0 Å². The van der Waals surface area contributed by atoms with Gasteiger partial charge in [0.15, 0.2) is 0 Å². The molecule has 4 rings (SSSR count). The highest BCUT2D eigenvalue weighted by Gasteiger charge is 2.21. The van der Waals surface area contributed by atoms with E-state index in [2.05, 4.69) is 21.6 Å². The summed E-state index contributed by atoms with van der Waals surface area (Å²) in [6.07, 6.45) is 0. The molecule has 29 heavy (non-hydrogen) atoms. The van der Waals surface area contributed by atoms with E-state index in [1.807, 2.05) is 36.4 Å². The van der Waals surface area contributed by atoms with E-state index in [-0.39, 0.29) is 17.3 Å². The van der Waals surface area contributed by atoms with Gasteiger partial charge in [-0.1, -0.05) is 41.9 Å². The van der Waals surface area contributed by atoms with E-state index in [0.717, 1.165) is 42.6 Å². The van der Waals surface area contributed by atoms with Crippen molar-refractivity contribution in [3.63, 3.8) is 0 Å². The van der Waals surface area contributed by atoms with E-state index in [0.29, 0.717) is 10.7 Å². The molecule has 0 spiro atoms. The molecule has 0 radical (unpaired) electrons. The molecule has 3 aromatic carbocycles. The van der Waals surface area contributed by atoms with Crippen LogP contribution in [0.15, 0.2) is 65.6 Å². The van der Waals surface area contributed by atoms with Gasteiger partial charge in [-0.25, -0.2) is 8.42 Å². The molecule has 0 aliphatic carbocycles. The summed E-state index contributed by atoms with van der Waals surface area (Å²) in [5.74, 6) is 0. The van der Waals surface area contributed by atoms with Crippen LogP contribution < -0.4 is 9.62 Å². The highest BCUT2D eigenvalue weighted by molar-refractivity contribution is 7.92. The van der Waals surface area contributed by atoms with Crippen molar-refractivity contribution < 1.29 is 8.42 Å². The number of nitrogens with one attached hydrogen (secondary N) is 1. The van der Waals surface area contributed by atoms with Gasteiger partial charge in [-0.2, -0.15) is 0 Å². The third-order valence-corrected chi connectivity index (χ3v) is 6.68. The Labute approximate surface area is 182 Å². The summed E-state index contributed by atoms with van der Waals surface area (Å²) in [5, 5.41) is 2.38. The molecule has 1 fully saturated rings. The van der Waals surface area contributed by atoms with Gasteiger partial charge >= 0.3 is 0 Å². The van der Waals surface area contributed by atoms with Crippen LogP contribution in [0, 0.1) is 0 Å². The van der Waals surface area contributed by atoms with Crippen LogP contribution in [0.5, 0.6) is 0 Å². The van der Waals surface area contributed by atoms with Crippen LogP contribution in [0.3, 0.4) is 0 Å². The van der Waals surface area contributed by atoms with Gasteiger partial charge < -0.3 is 9.80 Å². The van der Waals surface area contributed by atoms with Crippen molar-refractivity contribution in [2.45, 2.75) is 4.90 Å². The predicted octanol–water partition coefficient (Wildman–Crippen LogP) is 4.47. The molecular formula is C21H23Cl2N3O2S. The van der Waals surface area contributed by atoms with Crippen molar-refractivity contribution in [2.75, 3.05) is 42.8 Å². The van der Waals surface area contributed by atoms with E-state index >= 15 is 0 Å². The molecule has 0 amide bonds. The molecule has 3 aromatic rings. The number of hydrogen-bond donors (Lipinski definition) is 1. The zero-order valence-corrected chi connectivity index (χ0v) is 18.4. The van der Waals surface area contributed by atoms with Gasteiger partial charge in [0.1, 0.15) is 0 Å². The van der Waals surface area contributed by atoms with Crippen molar-refractivity contribution in [3.8, 4) is 0 Å². The first-order valence-corrected chi connectivity index (χ1v) is 11.0. The van der Waals surface area contributed by atoms with Gasteiger partial charge in [0.25, 0.3) is 10.0 Å². The Hall–Kier alpha value is -1.99. The molecule has 8 heteroatoms. The van der Waals surface area contributed by atoms with E-state index in [1.54, 1.807) is 24.3 Å². The molecule has 1 saturated heterocycles. The standard InChI is InChI=1S/C21H22ClN3O2S.ClH/c1-24-10-12-25(13-11-24)21-9-7-18(22)15-20(21)23-28(26,27)19-8-6-16-4-2-3-5-17(16)14-19;/h2-9,14-15,23H,10-13H2,1H3;1H. The topological polar surface area (TPSA) is 52.6 Å². The second-order valence-electron chi connectivity index (χ2n) is 7.07. The lowest BCUT2D eigenvalue weighted by Crippen LogP contribution is -2.44. The molecule has 5 nitrogen and oxygen atoms in total. The number of benzene rings is 3. The molecule has 1 heterocycles. The lowest BCUT2D eigenvalue weighted by molar-refractivity contribution is 0.313. The van der Waals surface area contributed by atoms with Gasteiger partial charge in [0.2, 0.25) is 0 Å². The lowest BCUT2D eigenvalue weighted by atomic mass is 10.1. The number of halogens is 2. The Morgan fingerprint density at radius 2 is 1.59 bits per heavy atom. The number of anilines is 2. The van der Waals surface area contributed by atoms with Crippen LogP contribution in [0.2, 0.25) is 5.02 Å². The molecule has 0 bridgehead atoms. The molecule has 0 atom stereocenters. The van der Waals surface area contributed by atoms with Crippen molar-refractivity contribution in [3.05, 3.63) is 65.7 Å². The number of rotatable bonds is 4. The van der Waals surface area contributed by atoms with E-state index < -0.39 is 10.0 Å². The van der Waals surface area contributed by atoms with Crippen molar-refractivity contribution in [2.24, 2.45) is 0 Å². The number of nitrogens with zero attached hydrogens (tertiary/aromatic N) is 2. The maximum absolute atomic E-state index is 13.1. The van der Waals surface area contributed by atoms with Crippen molar-refractivity contribution in [1.29, 1.82) is 0 Å². The fraction of sp³-hybridized carbons (Fsp3) is 0.238. The molecule has 154 valence electrons. The first-order chi connectivity index (χ1) is 13.4. The molecule has 0 unspecified atom stereocenters. The van der Waals surface area contributed by atoms with E-state index in [1.165, 1.54) is 0 Å². The summed E-state index contributed by atoms with van der Waals surface area (Å²) >= 11 is 6.17. The van der Waals surface area contributed by atoms with Gasteiger partial charge in [-0.15, -0.1) is 12.4 Å². The monoisotopic (exact) mass is 451 g/mol. The van der Waals surface area contributed by atoms with Crippen LogP contribution in [-0.2, 0) is 10.0 Å². The fourth-order valence-corrected chi connectivity index (χ4v) is 4.72. The largest absolute Gasteiger partial charge is 0.367 e. The molecule has 0 saturated carbocycles. The second kappa shape index (κ2) is 8.79. The summed E-state index contributed by atoms with van der Waals surface area (Å²) in [6, 6.07) is 18.2. The molecule has 1 aliphatic heterocycles. The number of likely N-dealkylation sites (N-methyl/N-ethyl adjacent to an activating group) is 1. The maximum Gasteiger partial charge on any atom is 0.261 e. The Bertz CT molecular complexity index is 1110. The Morgan fingerprint density at radius 1 is 0.897 bits per heavy atom. The number of hydrogen-bond acceptors (Lipinski definition) is 4. The Morgan fingerprint density at radius 3 is 2.31 bits per heavy atom. The summed E-state index contributed by atoms with van der Waals surface area (Å²) in [6.45, 7) is 3.53. The van der Waals surface area contributed by atoms with Gasteiger partial charge in [-0.3, -0.25) is 4.72 Å². The number of fused-ring (bicyclic) bond motifs is 1. The quantitative estimate of drug-likeness (QED) is 0.635. The van der Waals surface area contributed by atoms with Crippen molar-refractivity contribution in [1.82, 2.24) is 4.90 Å². The molecule has 0 aromatic heterocycles. The van der Waals surface area contributed by atoms with Crippen LogP contribution in [-0.4, -0.2) is 46.5 Å². The smallest absolute Gasteiger partial charge is 0.261 e. The Balaban J connectivity index is 0.00000240. The van der Waals surface area contributed by atoms with E-state index in [9.17, 15) is 8.42 Å². The van der Waals surface area contributed by atoms with Gasteiger partial charge in [-0.05, 0) is 48.2 Å². The summed E-state index contributed by atoms with van der Waals surface area (Å²) < 4.78 is 28.9. The average molecular weight is 452 g/mol. The summed E-state index contributed by atoms with van der Waals surface area (Å²) in [5.41, 5.74) is 1.35. The van der Waals surface area contributed by atoms with E-state index in [4.69, 9.17) is 11.6 Å². The van der Waals surface area contributed by atoms with Gasteiger partial charge in [0, 0.05) is 31.2 Å². The molecular weight excluding hydrogens is 429 g/mol. The lowest BCUT2D eigenvalue weighted by Gasteiger charge is -2.35. The predicted molar refractivity (Wildman–Crippen MR) is 123 cm³/mol. The fourth-order valence-electron chi connectivity index (χ4n) is 3.45. The van der Waals surface area contributed by atoms with Crippen LogP contribution in [0.4, 0.5) is 11.4 Å². The number of sulfonamides is 1. The third kappa shape index (κ3) is 4.78. The minimum Gasteiger partial charge on any atom is -0.367 e. The normalized spacial score (nSPS) is 15.2. The van der Waals surface area contributed by atoms with Crippen LogP contribution in [0.25, 0.3) is 10.8 Å². The Kier molecular flexibility index (Phi) is 6.58. The highest BCUT2D eigenvalue weighted by atomic mass is 35.5.